The van der Waals surface area contributed by atoms with Crippen LogP contribution in [0.25, 0.3) is 0 Å². The summed E-state index contributed by atoms with van der Waals surface area (Å²) < 4.78 is 1.84. The molecule has 2 heterocycles. The van der Waals surface area contributed by atoms with Gasteiger partial charge in [-0.15, -0.1) is 0 Å². The van der Waals surface area contributed by atoms with Crippen LogP contribution < -0.4 is 10.6 Å². The van der Waals surface area contributed by atoms with Gasteiger partial charge >= 0.3 is 0 Å². The predicted molar refractivity (Wildman–Crippen MR) is 77.9 cm³/mol. The van der Waals surface area contributed by atoms with Gasteiger partial charge < -0.3 is 10.6 Å². The van der Waals surface area contributed by atoms with Crippen molar-refractivity contribution in [1.82, 2.24) is 14.7 Å². The highest BCUT2D eigenvalue weighted by molar-refractivity contribution is 6.01. The smallest absolute Gasteiger partial charge is 0.137 e. The number of nitrogens with zero attached hydrogens (tertiary/aromatic N) is 4. The number of hydrogen-bond donors (Lipinski definition) is 2. The van der Waals surface area contributed by atoms with Crippen molar-refractivity contribution in [2.45, 2.75) is 26.3 Å². The number of rotatable bonds is 2. The van der Waals surface area contributed by atoms with E-state index in [1.54, 1.807) is 0 Å². The number of likely N-dealkylation sites (N-methyl/N-ethyl adjacent to an activating group) is 1. The summed E-state index contributed by atoms with van der Waals surface area (Å²) in [4.78, 5) is 4.65. The molecule has 0 unspecified atom stereocenters. The Labute approximate surface area is 114 Å². The molecule has 1 aliphatic heterocycles. The number of hydrogen-bond acceptors (Lipinski definition) is 4. The Morgan fingerprint density at radius 1 is 1.32 bits per heavy atom. The van der Waals surface area contributed by atoms with E-state index in [0.717, 1.165) is 36.7 Å². The molecule has 1 aromatic rings. The first-order chi connectivity index (χ1) is 8.74. The van der Waals surface area contributed by atoms with Crippen molar-refractivity contribution >= 4 is 11.7 Å². The Kier molecular flexibility index (Phi) is 3.30. The number of nitrogens with two attached hydrogens (primary N) is 1. The van der Waals surface area contributed by atoms with Crippen molar-refractivity contribution in [2.24, 2.45) is 12.8 Å². The molecule has 2 rings (SSSR count). The van der Waals surface area contributed by atoms with Crippen LogP contribution in [-0.4, -0.2) is 52.7 Å². The second-order valence-corrected chi connectivity index (χ2v) is 5.98. The van der Waals surface area contributed by atoms with E-state index in [1.807, 2.05) is 18.7 Å². The molecule has 106 valence electrons. The third-order valence-corrected chi connectivity index (χ3v) is 4.08. The maximum atomic E-state index is 7.77. The lowest BCUT2D eigenvalue weighted by Gasteiger charge is -2.46. The van der Waals surface area contributed by atoms with E-state index >= 15 is 0 Å². The molecule has 0 aromatic carbocycles. The van der Waals surface area contributed by atoms with Crippen molar-refractivity contribution in [2.75, 3.05) is 31.6 Å². The Morgan fingerprint density at radius 2 is 1.95 bits per heavy atom. The fourth-order valence-corrected chi connectivity index (χ4v) is 2.75. The molecule has 0 saturated carbocycles. The summed E-state index contributed by atoms with van der Waals surface area (Å²) in [5.74, 6) is 1.06. The number of amidine groups is 1. The van der Waals surface area contributed by atoms with E-state index < -0.39 is 0 Å². The van der Waals surface area contributed by atoms with Gasteiger partial charge in [0.2, 0.25) is 0 Å². The van der Waals surface area contributed by atoms with Crippen molar-refractivity contribution in [3.05, 3.63) is 11.3 Å². The van der Waals surface area contributed by atoms with Gasteiger partial charge in [-0.1, -0.05) is 0 Å². The van der Waals surface area contributed by atoms with Crippen LogP contribution in [0.5, 0.6) is 0 Å². The van der Waals surface area contributed by atoms with Crippen LogP contribution in [0.1, 0.15) is 25.1 Å². The molecule has 19 heavy (non-hydrogen) atoms. The molecule has 0 aliphatic carbocycles. The first-order valence-electron chi connectivity index (χ1n) is 6.58. The number of anilines is 1. The molecule has 6 nitrogen and oxygen atoms in total. The van der Waals surface area contributed by atoms with Gasteiger partial charge in [0.15, 0.2) is 0 Å². The zero-order valence-corrected chi connectivity index (χ0v) is 12.5. The maximum Gasteiger partial charge on any atom is 0.137 e. The van der Waals surface area contributed by atoms with Gasteiger partial charge in [0.25, 0.3) is 0 Å². The third-order valence-electron chi connectivity index (χ3n) is 4.08. The van der Waals surface area contributed by atoms with Crippen LogP contribution in [0.4, 0.5) is 5.82 Å². The van der Waals surface area contributed by atoms with Gasteiger partial charge in [0, 0.05) is 32.2 Å². The van der Waals surface area contributed by atoms with E-state index in [9.17, 15) is 0 Å². The summed E-state index contributed by atoms with van der Waals surface area (Å²) in [7, 11) is 4.07. The Hall–Kier alpha value is -1.56. The van der Waals surface area contributed by atoms with Crippen LogP contribution in [0, 0.1) is 12.3 Å². The van der Waals surface area contributed by atoms with Gasteiger partial charge in [-0.3, -0.25) is 15.0 Å². The fraction of sp³-hybridized carbons (Fsp3) is 0.692. The van der Waals surface area contributed by atoms with Gasteiger partial charge in [0.05, 0.1) is 11.3 Å². The van der Waals surface area contributed by atoms with Crippen LogP contribution in [0.3, 0.4) is 0 Å². The third kappa shape index (κ3) is 2.32. The molecule has 0 atom stereocenters. The quantitative estimate of drug-likeness (QED) is 0.604. The predicted octanol–water partition coefficient (Wildman–Crippen LogP) is 0.543. The molecule has 3 N–H and O–H groups in total. The van der Waals surface area contributed by atoms with Crippen LogP contribution >= 0.6 is 0 Å². The summed E-state index contributed by atoms with van der Waals surface area (Å²) in [6, 6.07) is 0. The maximum absolute atomic E-state index is 7.77. The second kappa shape index (κ2) is 4.52. The molecule has 1 aromatic heterocycles. The van der Waals surface area contributed by atoms with E-state index in [0.29, 0.717) is 0 Å². The van der Waals surface area contributed by atoms with E-state index in [-0.39, 0.29) is 11.4 Å². The first-order valence-corrected chi connectivity index (χ1v) is 6.58. The minimum absolute atomic E-state index is 0.0948. The number of aromatic nitrogens is 2. The molecule has 6 heteroatoms. The summed E-state index contributed by atoms with van der Waals surface area (Å²) in [5, 5.41) is 12.2. The molecular weight excluding hydrogens is 240 g/mol. The van der Waals surface area contributed by atoms with Crippen LogP contribution in [-0.2, 0) is 7.05 Å². The normalized spacial score (nSPS) is 19.7. The van der Waals surface area contributed by atoms with Crippen LogP contribution in [0.2, 0.25) is 0 Å². The molecular formula is C13H24N6. The van der Waals surface area contributed by atoms with Crippen molar-refractivity contribution in [3.8, 4) is 0 Å². The minimum Gasteiger partial charge on any atom is -0.384 e. The topological polar surface area (TPSA) is 74.2 Å². The number of aryl methyl sites for hydroxylation is 2. The molecule has 1 saturated heterocycles. The fourth-order valence-electron chi connectivity index (χ4n) is 2.75. The number of piperazine rings is 1. The minimum atomic E-state index is 0.0948. The van der Waals surface area contributed by atoms with Gasteiger partial charge in [-0.25, -0.2) is 0 Å². The van der Waals surface area contributed by atoms with Gasteiger partial charge in [-0.2, -0.15) is 5.10 Å². The molecule has 0 bridgehead atoms. The van der Waals surface area contributed by atoms with Crippen molar-refractivity contribution in [1.29, 1.82) is 5.41 Å². The SMILES string of the molecule is Cc1nn(C)c(N2CCN(C)C(C)(C)C2)c1C(=N)N. The molecule has 0 spiro atoms. The Bertz CT molecular complexity index is 501. The monoisotopic (exact) mass is 264 g/mol. The number of nitrogen functional groups attached to an aromatic ring is 1. The highest BCUT2D eigenvalue weighted by atomic mass is 15.4. The molecule has 1 aliphatic rings. The highest BCUT2D eigenvalue weighted by Crippen LogP contribution is 2.28. The number of nitrogens with one attached hydrogen (secondary N) is 1. The van der Waals surface area contributed by atoms with Crippen LogP contribution in [0.15, 0.2) is 0 Å². The lowest BCUT2D eigenvalue weighted by atomic mass is 9.99. The molecule has 1 fully saturated rings. The zero-order chi connectivity index (χ0) is 14.4. The summed E-state index contributed by atoms with van der Waals surface area (Å²) in [5.41, 5.74) is 7.41. The van der Waals surface area contributed by atoms with Crippen molar-refractivity contribution < 1.29 is 0 Å². The Morgan fingerprint density at radius 3 is 2.47 bits per heavy atom. The van der Waals surface area contributed by atoms with Gasteiger partial charge in [-0.05, 0) is 27.8 Å². The highest BCUT2D eigenvalue weighted by Gasteiger charge is 2.33. The first kappa shape index (κ1) is 13.9. The largest absolute Gasteiger partial charge is 0.384 e. The standard InChI is InChI=1S/C13H24N6/c1-9-10(11(14)15)12(18(5)16-9)19-7-6-17(4)13(2,3)8-19/h6-8H2,1-5H3,(H3,14,15). The second-order valence-electron chi connectivity index (χ2n) is 5.98. The van der Waals surface area contributed by atoms with E-state index in [1.165, 1.54) is 0 Å². The zero-order valence-electron chi connectivity index (χ0n) is 12.5. The van der Waals surface area contributed by atoms with E-state index in [4.69, 9.17) is 11.1 Å². The van der Waals surface area contributed by atoms with E-state index in [2.05, 4.69) is 35.8 Å². The molecule has 0 radical (unpaired) electrons. The summed E-state index contributed by atoms with van der Waals surface area (Å²) in [6.45, 7) is 9.20. The summed E-state index contributed by atoms with van der Waals surface area (Å²) in [6.07, 6.45) is 0. The lowest BCUT2D eigenvalue weighted by Crippen LogP contribution is -2.58. The Balaban J connectivity index is 2.40. The summed E-state index contributed by atoms with van der Waals surface area (Å²) >= 11 is 0. The van der Waals surface area contributed by atoms with Gasteiger partial charge in [0.1, 0.15) is 11.7 Å². The average molecular weight is 264 g/mol. The average Bonchev–Trinajstić information content (AvgIpc) is 2.57. The van der Waals surface area contributed by atoms with Crippen molar-refractivity contribution in [3.63, 3.8) is 0 Å². The lowest BCUT2D eigenvalue weighted by molar-refractivity contribution is 0.138. The molecule has 0 amide bonds.